The first-order valence-electron chi connectivity index (χ1n) is 13.1. The standard InChI is InChI=1S/C27H35F3N6O2/c1-17(2)15-35(3)14-12-21-32-24-22(36(21)16-19-7-9-20(10-8-19)27(28,29)30)23(33-25(34-24)26(37)38)31-13-11-18-5-4-6-18/h7-10,17-18H,4-6,11-16H2,1-3H3,(H,37,38)(H,31,33,34). The molecule has 0 spiro atoms. The average molecular weight is 533 g/mol. The number of likely N-dealkylation sites (N-methyl/N-ethyl adjacent to an activating group) is 1. The molecule has 2 aromatic heterocycles. The lowest BCUT2D eigenvalue weighted by Crippen LogP contribution is -2.26. The molecule has 0 radical (unpaired) electrons. The van der Waals surface area contributed by atoms with Gasteiger partial charge in [0.25, 0.3) is 0 Å². The van der Waals surface area contributed by atoms with Crippen molar-refractivity contribution >= 4 is 23.0 Å². The highest BCUT2D eigenvalue weighted by Gasteiger charge is 2.30. The molecule has 1 saturated carbocycles. The Labute approximate surface area is 220 Å². The smallest absolute Gasteiger partial charge is 0.416 e. The van der Waals surface area contributed by atoms with Gasteiger partial charge in [-0.3, -0.25) is 0 Å². The summed E-state index contributed by atoms with van der Waals surface area (Å²) in [4.78, 5) is 27.1. The molecule has 8 nitrogen and oxygen atoms in total. The lowest BCUT2D eigenvalue weighted by Gasteiger charge is -2.25. The predicted octanol–water partition coefficient (Wildman–Crippen LogP) is 5.32. The number of carbonyl (C=O) groups is 1. The molecule has 0 aliphatic heterocycles. The lowest BCUT2D eigenvalue weighted by molar-refractivity contribution is -0.137. The number of carboxylic acids is 1. The second-order valence-corrected chi connectivity index (χ2v) is 10.6. The van der Waals surface area contributed by atoms with Crippen molar-refractivity contribution in [1.82, 2.24) is 24.4 Å². The number of alkyl halides is 3. The van der Waals surface area contributed by atoms with Crippen LogP contribution in [0.2, 0.25) is 0 Å². The van der Waals surface area contributed by atoms with Crippen LogP contribution in [0.25, 0.3) is 11.2 Å². The van der Waals surface area contributed by atoms with Crippen LogP contribution in [0.4, 0.5) is 19.0 Å². The van der Waals surface area contributed by atoms with Gasteiger partial charge in [0.2, 0.25) is 5.82 Å². The molecule has 0 unspecified atom stereocenters. The first-order chi connectivity index (χ1) is 18.0. The molecule has 0 saturated heterocycles. The first kappa shape index (κ1) is 27.8. The van der Waals surface area contributed by atoms with Gasteiger partial charge < -0.3 is 19.9 Å². The Morgan fingerprint density at radius 3 is 2.47 bits per heavy atom. The molecule has 0 bridgehead atoms. The Bertz CT molecular complexity index is 1250. The molecule has 2 heterocycles. The first-order valence-corrected chi connectivity index (χ1v) is 13.1. The predicted molar refractivity (Wildman–Crippen MR) is 139 cm³/mol. The van der Waals surface area contributed by atoms with Gasteiger partial charge in [-0.25, -0.2) is 19.7 Å². The third-order valence-electron chi connectivity index (χ3n) is 6.96. The van der Waals surface area contributed by atoms with Crippen molar-refractivity contribution in [2.75, 3.05) is 32.0 Å². The van der Waals surface area contributed by atoms with E-state index in [1.807, 2.05) is 11.6 Å². The summed E-state index contributed by atoms with van der Waals surface area (Å²) in [7, 11) is 2.03. The summed E-state index contributed by atoms with van der Waals surface area (Å²) in [5.41, 5.74) is 0.777. The molecule has 206 valence electrons. The van der Waals surface area contributed by atoms with Gasteiger partial charge in [-0.2, -0.15) is 13.2 Å². The third kappa shape index (κ3) is 6.80. The Kier molecular flexibility index (Phi) is 8.54. The summed E-state index contributed by atoms with van der Waals surface area (Å²) in [5, 5.41) is 12.9. The maximum absolute atomic E-state index is 13.1. The summed E-state index contributed by atoms with van der Waals surface area (Å²) < 4.78 is 41.2. The van der Waals surface area contributed by atoms with E-state index in [9.17, 15) is 23.1 Å². The zero-order valence-electron chi connectivity index (χ0n) is 22.1. The Balaban J connectivity index is 1.71. The minimum Gasteiger partial charge on any atom is -0.475 e. The number of nitrogens with zero attached hydrogens (tertiary/aromatic N) is 5. The van der Waals surface area contributed by atoms with E-state index >= 15 is 0 Å². The third-order valence-corrected chi connectivity index (χ3v) is 6.96. The SMILES string of the molecule is CC(C)CN(C)CCc1nc2nc(C(=O)O)nc(NCCC3CCC3)c2n1Cc1ccc(C(F)(F)F)cc1. The van der Waals surface area contributed by atoms with Crippen molar-refractivity contribution in [2.24, 2.45) is 11.8 Å². The number of hydrogen-bond donors (Lipinski definition) is 2. The molecule has 3 aromatic rings. The number of fused-ring (bicyclic) bond motifs is 1. The van der Waals surface area contributed by atoms with E-state index in [-0.39, 0.29) is 18.0 Å². The van der Waals surface area contributed by atoms with E-state index < -0.39 is 17.7 Å². The van der Waals surface area contributed by atoms with E-state index in [2.05, 4.69) is 34.0 Å². The number of anilines is 1. The van der Waals surface area contributed by atoms with Crippen LogP contribution in [0.15, 0.2) is 24.3 Å². The van der Waals surface area contributed by atoms with E-state index in [1.165, 1.54) is 31.4 Å². The molecule has 11 heteroatoms. The molecule has 0 atom stereocenters. The fourth-order valence-electron chi connectivity index (χ4n) is 4.82. The minimum absolute atomic E-state index is 0.255. The molecule has 1 aliphatic rings. The topological polar surface area (TPSA) is 96.2 Å². The lowest BCUT2D eigenvalue weighted by atomic mass is 9.83. The molecule has 38 heavy (non-hydrogen) atoms. The van der Waals surface area contributed by atoms with E-state index in [1.54, 1.807) is 0 Å². The summed E-state index contributed by atoms with van der Waals surface area (Å²) in [6, 6.07) is 5.06. The van der Waals surface area contributed by atoms with E-state index in [0.717, 1.165) is 25.1 Å². The molecule has 1 fully saturated rings. The van der Waals surface area contributed by atoms with Gasteiger partial charge in [-0.15, -0.1) is 0 Å². The number of carboxylic acid groups (broad SMARTS) is 1. The number of rotatable bonds is 12. The van der Waals surface area contributed by atoms with Crippen molar-refractivity contribution < 1.29 is 23.1 Å². The van der Waals surface area contributed by atoms with Crippen LogP contribution in [0.5, 0.6) is 0 Å². The van der Waals surface area contributed by atoms with Gasteiger partial charge in [0.1, 0.15) is 11.3 Å². The van der Waals surface area contributed by atoms with Gasteiger partial charge in [0.15, 0.2) is 11.5 Å². The van der Waals surface area contributed by atoms with Gasteiger partial charge in [0, 0.05) is 32.6 Å². The van der Waals surface area contributed by atoms with Crippen LogP contribution >= 0.6 is 0 Å². The number of benzene rings is 1. The van der Waals surface area contributed by atoms with Crippen LogP contribution in [-0.4, -0.2) is 62.2 Å². The van der Waals surface area contributed by atoms with Gasteiger partial charge >= 0.3 is 12.1 Å². The molecule has 0 amide bonds. The number of halogens is 3. The quantitative estimate of drug-likeness (QED) is 0.326. The Morgan fingerprint density at radius 1 is 1.18 bits per heavy atom. The van der Waals surface area contributed by atoms with Crippen LogP contribution in [0.1, 0.15) is 67.1 Å². The Hall–Kier alpha value is -3.21. The van der Waals surface area contributed by atoms with Crippen molar-refractivity contribution in [3.63, 3.8) is 0 Å². The second-order valence-electron chi connectivity index (χ2n) is 10.6. The number of aromatic nitrogens is 4. The number of nitrogens with one attached hydrogen (secondary N) is 1. The second kappa shape index (κ2) is 11.7. The highest BCUT2D eigenvalue weighted by Crippen LogP contribution is 2.31. The van der Waals surface area contributed by atoms with Crippen LogP contribution in [-0.2, 0) is 19.1 Å². The molecule has 1 aromatic carbocycles. The van der Waals surface area contributed by atoms with Crippen molar-refractivity contribution in [3.05, 3.63) is 47.0 Å². The van der Waals surface area contributed by atoms with Crippen LogP contribution < -0.4 is 5.32 Å². The Morgan fingerprint density at radius 2 is 1.89 bits per heavy atom. The van der Waals surface area contributed by atoms with E-state index in [4.69, 9.17) is 4.98 Å². The van der Waals surface area contributed by atoms with Gasteiger partial charge in [0.05, 0.1) is 5.56 Å². The van der Waals surface area contributed by atoms with Crippen molar-refractivity contribution in [2.45, 2.75) is 58.7 Å². The summed E-state index contributed by atoms with van der Waals surface area (Å²) in [5.74, 6) is 0.613. The molecular formula is C27H35F3N6O2. The van der Waals surface area contributed by atoms with Gasteiger partial charge in [-0.05, 0) is 43.0 Å². The zero-order valence-corrected chi connectivity index (χ0v) is 22.1. The van der Waals surface area contributed by atoms with Crippen molar-refractivity contribution in [1.29, 1.82) is 0 Å². The summed E-state index contributed by atoms with van der Waals surface area (Å²) >= 11 is 0. The fraction of sp³-hybridized carbons (Fsp3) is 0.556. The fourth-order valence-corrected chi connectivity index (χ4v) is 4.82. The highest BCUT2D eigenvalue weighted by atomic mass is 19.4. The average Bonchev–Trinajstić information content (AvgIpc) is 3.15. The number of imidazole rings is 1. The minimum atomic E-state index is -4.41. The summed E-state index contributed by atoms with van der Waals surface area (Å²) in [6.07, 6.45) is 0.727. The summed E-state index contributed by atoms with van der Waals surface area (Å²) in [6.45, 7) is 6.77. The molecule has 4 rings (SSSR count). The maximum atomic E-state index is 13.1. The molecule has 2 N–H and O–H groups in total. The highest BCUT2D eigenvalue weighted by molar-refractivity contribution is 5.90. The van der Waals surface area contributed by atoms with E-state index in [0.29, 0.717) is 54.1 Å². The molecule has 1 aliphatic carbocycles. The number of hydrogen-bond acceptors (Lipinski definition) is 6. The molecular weight excluding hydrogens is 497 g/mol. The maximum Gasteiger partial charge on any atom is 0.416 e. The van der Waals surface area contributed by atoms with Crippen LogP contribution in [0.3, 0.4) is 0 Å². The van der Waals surface area contributed by atoms with Crippen LogP contribution in [0, 0.1) is 11.8 Å². The van der Waals surface area contributed by atoms with Gasteiger partial charge in [-0.1, -0.05) is 45.2 Å². The zero-order chi connectivity index (χ0) is 27.4. The number of aromatic carboxylic acids is 1. The van der Waals surface area contributed by atoms with Crippen molar-refractivity contribution in [3.8, 4) is 0 Å². The normalized spacial score (nSPS) is 14.4. The monoisotopic (exact) mass is 532 g/mol. The largest absolute Gasteiger partial charge is 0.475 e.